The third-order valence-electron chi connectivity index (χ3n) is 3.16. The lowest BCUT2D eigenvalue weighted by atomic mass is 10.1. The predicted octanol–water partition coefficient (Wildman–Crippen LogP) is 3.09. The monoisotopic (exact) mass is 362 g/mol. The lowest BCUT2D eigenvalue weighted by Crippen LogP contribution is -2.17. The third kappa shape index (κ3) is 4.69. The minimum absolute atomic E-state index is 0.0527. The summed E-state index contributed by atoms with van der Waals surface area (Å²) in [5.41, 5.74) is 0.0640. The molecule has 0 saturated heterocycles. The molecule has 0 atom stereocenters. The van der Waals surface area contributed by atoms with Gasteiger partial charge in [-0.25, -0.2) is 9.78 Å². The van der Waals surface area contributed by atoms with Crippen molar-refractivity contribution in [1.82, 2.24) is 4.98 Å². The summed E-state index contributed by atoms with van der Waals surface area (Å²) in [7, 11) is 0. The molecular formula is C17H18N2O5S. The molecule has 2 aromatic rings. The van der Waals surface area contributed by atoms with Crippen molar-refractivity contribution in [2.75, 3.05) is 17.7 Å². The smallest absolute Gasteiger partial charge is 0.344 e. The van der Waals surface area contributed by atoms with Gasteiger partial charge >= 0.3 is 5.97 Å². The highest BCUT2D eigenvalue weighted by Gasteiger charge is 2.28. The molecule has 0 bridgehead atoms. The van der Waals surface area contributed by atoms with Crippen LogP contribution in [0.25, 0.3) is 0 Å². The van der Waals surface area contributed by atoms with Crippen LogP contribution in [0.1, 0.15) is 40.3 Å². The molecule has 25 heavy (non-hydrogen) atoms. The van der Waals surface area contributed by atoms with Crippen LogP contribution in [-0.4, -0.2) is 35.0 Å². The van der Waals surface area contributed by atoms with Gasteiger partial charge in [0.1, 0.15) is 11.3 Å². The van der Waals surface area contributed by atoms with Crippen LogP contribution in [0.5, 0.6) is 0 Å². The minimum atomic E-state index is -0.711. The number of thioether (sulfide) groups is 1. The summed E-state index contributed by atoms with van der Waals surface area (Å²) < 4.78 is 10.4. The summed E-state index contributed by atoms with van der Waals surface area (Å²) in [4.78, 5) is 40.2. The maximum atomic E-state index is 12.2. The topological polar surface area (TPSA) is 98.5 Å². The Morgan fingerprint density at radius 3 is 2.64 bits per heavy atom. The number of carbonyl (C=O) groups excluding carboxylic acids is 3. The largest absolute Gasteiger partial charge is 0.462 e. The quantitative estimate of drug-likeness (QED) is 0.459. The number of amides is 1. The third-order valence-corrected chi connectivity index (χ3v) is 4.10. The number of Topliss-reactive ketones (excluding diaryl/α,β-unsaturated/α-hetero) is 1. The minimum Gasteiger partial charge on any atom is -0.462 e. The van der Waals surface area contributed by atoms with Crippen molar-refractivity contribution in [2.45, 2.75) is 25.8 Å². The van der Waals surface area contributed by atoms with E-state index in [1.165, 1.54) is 18.7 Å². The average molecular weight is 362 g/mol. The average Bonchev–Trinajstić information content (AvgIpc) is 2.90. The zero-order chi connectivity index (χ0) is 18.4. The number of esters is 1. The second-order valence-corrected chi connectivity index (χ2v) is 6.01. The molecule has 132 valence electrons. The van der Waals surface area contributed by atoms with Gasteiger partial charge in [-0.1, -0.05) is 17.8 Å². The molecule has 2 heterocycles. The highest BCUT2D eigenvalue weighted by atomic mass is 32.2. The molecule has 0 aliphatic heterocycles. The Hall–Kier alpha value is -2.61. The fourth-order valence-electron chi connectivity index (χ4n) is 2.19. The van der Waals surface area contributed by atoms with Crippen LogP contribution in [0.15, 0.2) is 33.8 Å². The standard InChI is InChI=1S/C17H18N2O5S/c1-4-23-17(22)15-14(10(2)20)11(3)24-16(15)19-12(21)9-25-13-7-5-6-8-18-13/h5-8H,4,9H2,1-3H3,(H,19,21). The van der Waals surface area contributed by atoms with Crippen molar-refractivity contribution in [3.63, 3.8) is 0 Å². The van der Waals surface area contributed by atoms with Gasteiger partial charge in [-0.05, 0) is 32.9 Å². The van der Waals surface area contributed by atoms with E-state index in [0.717, 1.165) is 0 Å². The van der Waals surface area contributed by atoms with Gasteiger partial charge in [0.15, 0.2) is 5.78 Å². The van der Waals surface area contributed by atoms with E-state index < -0.39 is 5.97 Å². The summed E-state index contributed by atoms with van der Waals surface area (Å²) in [5.74, 6) is -1.18. The molecule has 0 unspecified atom stereocenters. The maximum Gasteiger partial charge on any atom is 0.344 e. The summed E-state index contributed by atoms with van der Waals surface area (Å²) in [6, 6.07) is 5.39. The Balaban J connectivity index is 2.17. The number of rotatable bonds is 7. The Bertz CT molecular complexity index is 786. The van der Waals surface area contributed by atoms with Crippen molar-refractivity contribution in [1.29, 1.82) is 0 Å². The van der Waals surface area contributed by atoms with Gasteiger partial charge in [0.2, 0.25) is 11.8 Å². The van der Waals surface area contributed by atoms with E-state index >= 15 is 0 Å². The first-order valence-corrected chi connectivity index (χ1v) is 8.57. The van der Waals surface area contributed by atoms with Gasteiger partial charge in [-0.2, -0.15) is 0 Å². The van der Waals surface area contributed by atoms with Gasteiger partial charge in [0, 0.05) is 6.20 Å². The first-order chi connectivity index (χ1) is 11.9. The van der Waals surface area contributed by atoms with Crippen molar-refractivity contribution in [3.8, 4) is 0 Å². The van der Waals surface area contributed by atoms with Gasteiger partial charge in [-0.15, -0.1) is 0 Å². The fourth-order valence-corrected chi connectivity index (χ4v) is 2.85. The van der Waals surface area contributed by atoms with Crippen LogP contribution >= 0.6 is 11.8 Å². The Morgan fingerprint density at radius 2 is 2.04 bits per heavy atom. The number of aromatic nitrogens is 1. The number of anilines is 1. The molecule has 0 aromatic carbocycles. The molecule has 0 saturated carbocycles. The molecule has 8 heteroatoms. The highest BCUT2D eigenvalue weighted by Crippen LogP contribution is 2.29. The van der Waals surface area contributed by atoms with E-state index in [-0.39, 0.29) is 46.8 Å². The number of ketones is 1. The first kappa shape index (κ1) is 18.7. The van der Waals surface area contributed by atoms with Crippen LogP contribution in [0.4, 0.5) is 5.88 Å². The van der Waals surface area contributed by atoms with Crippen molar-refractivity contribution < 1.29 is 23.5 Å². The van der Waals surface area contributed by atoms with Gasteiger partial charge in [0.25, 0.3) is 0 Å². The molecule has 1 N–H and O–H groups in total. The van der Waals surface area contributed by atoms with Gasteiger partial charge < -0.3 is 9.15 Å². The van der Waals surface area contributed by atoms with Crippen molar-refractivity contribution in [2.24, 2.45) is 0 Å². The molecule has 2 aromatic heterocycles. The van der Waals surface area contributed by atoms with Crippen LogP contribution < -0.4 is 5.32 Å². The van der Waals surface area contributed by atoms with Gasteiger partial charge in [0.05, 0.1) is 22.9 Å². The summed E-state index contributed by atoms with van der Waals surface area (Å²) >= 11 is 1.24. The zero-order valence-electron chi connectivity index (χ0n) is 14.1. The van der Waals surface area contributed by atoms with Crippen LogP contribution in [0.2, 0.25) is 0 Å². The van der Waals surface area contributed by atoms with E-state index in [4.69, 9.17) is 9.15 Å². The number of aryl methyl sites for hydroxylation is 1. The zero-order valence-corrected chi connectivity index (χ0v) is 14.9. The van der Waals surface area contributed by atoms with Crippen molar-refractivity contribution in [3.05, 3.63) is 41.3 Å². The molecule has 0 radical (unpaired) electrons. The van der Waals surface area contributed by atoms with E-state index in [1.54, 1.807) is 32.2 Å². The number of carbonyl (C=O) groups is 3. The number of pyridine rings is 1. The number of ether oxygens (including phenoxy) is 1. The van der Waals surface area contributed by atoms with Crippen molar-refractivity contribution >= 4 is 35.3 Å². The number of hydrogen-bond donors (Lipinski definition) is 1. The number of nitrogens with one attached hydrogen (secondary N) is 1. The molecular weight excluding hydrogens is 344 g/mol. The van der Waals surface area contributed by atoms with Crippen LogP contribution in [0.3, 0.4) is 0 Å². The molecule has 1 amide bonds. The number of nitrogens with zero attached hydrogens (tertiary/aromatic N) is 1. The summed E-state index contributed by atoms with van der Waals surface area (Å²) in [5, 5.41) is 3.23. The van der Waals surface area contributed by atoms with E-state index in [1.807, 2.05) is 6.07 Å². The lowest BCUT2D eigenvalue weighted by molar-refractivity contribution is -0.113. The Morgan fingerprint density at radius 1 is 1.28 bits per heavy atom. The molecule has 0 spiro atoms. The normalized spacial score (nSPS) is 10.4. The van der Waals surface area contributed by atoms with E-state index in [9.17, 15) is 14.4 Å². The van der Waals surface area contributed by atoms with E-state index in [0.29, 0.717) is 5.03 Å². The molecule has 0 aliphatic rings. The lowest BCUT2D eigenvalue weighted by Gasteiger charge is -2.06. The van der Waals surface area contributed by atoms with Crippen LogP contribution in [-0.2, 0) is 9.53 Å². The van der Waals surface area contributed by atoms with E-state index in [2.05, 4.69) is 10.3 Å². The SMILES string of the molecule is CCOC(=O)c1c(NC(=O)CSc2ccccn2)oc(C)c1C(C)=O. The Labute approximate surface area is 149 Å². The van der Waals surface area contributed by atoms with Crippen LogP contribution in [0, 0.1) is 6.92 Å². The molecule has 2 rings (SSSR count). The number of furan rings is 1. The van der Waals surface area contributed by atoms with Gasteiger partial charge in [-0.3, -0.25) is 14.9 Å². The summed E-state index contributed by atoms with van der Waals surface area (Å²) in [6.07, 6.45) is 1.63. The second-order valence-electron chi connectivity index (χ2n) is 5.02. The maximum absolute atomic E-state index is 12.2. The second kappa shape index (κ2) is 8.48. The summed E-state index contributed by atoms with van der Waals surface area (Å²) in [6.45, 7) is 4.67. The highest BCUT2D eigenvalue weighted by molar-refractivity contribution is 7.99. The molecule has 0 aliphatic carbocycles. The Kier molecular flexibility index (Phi) is 6.35. The molecule has 0 fully saturated rings. The predicted molar refractivity (Wildman–Crippen MR) is 93.0 cm³/mol. The molecule has 7 nitrogen and oxygen atoms in total. The first-order valence-electron chi connectivity index (χ1n) is 7.59. The number of hydrogen-bond acceptors (Lipinski definition) is 7. The fraction of sp³-hybridized carbons (Fsp3) is 0.294.